The molecule has 100 valence electrons. The Morgan fingerprint density at radius 2 is 2.22 bits per heavy atom. The van der Waals surface area contributed by atoms with Crippen LogP contribution in [0.15, 0.2) is 6.07 Å². The molecule has 2 N–H and O–H groups in total. The second-order valence-corrected chi connectivity index (χ2v) is 4.94. The number of hydrogen-bond acceptors (Lipinski definition) is 5. The van der Waals surface area contributed by atoms with Gasteiger partial charge in [0.1, 0.15) is 0 Å². The fraction of sp³-hybridized carbons (Fsp3) is 0.692. The second-order valence-electron chi connectivity index (χ2n) is 4.94. The van der Waals surface area contributed by atoms with Crippen LogP contribution in [0.25, 0.3) is 0 Å². The summed E-state index contributed by atoms with van der Waals surface area (Å²) in [5, 5.41) is 12.7. The van der Waals surface area contributed by atoms with E-state index in [9.17, 15) is 5.11 Å². The molecule has 0 radical (unpaired) electrons. The molecule has 0 spiro atoms. The molecule has 1 saturated carbocycles. The number of nitrogens with zero attached hydrogens (tertiary/aromatic N) is 2. The number of ether oxygens (including phenoxy) is 1. The number of aliphatic hydroxyl groups excluding tert-OH is 1. The van der Waals surface area contributed by atoms with Crippen molar-refractivity contribution in [2.45, 2.75) is 45.1 Å². The van der Waals surface area contributed by atoms with Crippen LogP contribution in [0.5, 0.6) is 5.88 Å². The van der Waals surface area contributed by atoms with Crippen LogP contribution in [0.1, 0.15) is 38.3 Å². The summed E-state index contributed by atoms with van der Waals surface area (Å²) in [5.41, 5.74) is 0.640. The Morgan fingerprint density at radius 3 is 2.78 bits per heavy atom. The molecule has 5 heteroatoms. The van der Waals surface area contributed by atoms with Crippen LogP contribution in [-0.2, 0) is 0 Å². The molecule has 1 aromatic rings. The Balaban J connectivity index is 2.09. The van der Waals surface area contributed by atoms with E-state index in [0.717, 1.165) is 31.4 Å². The maximum absolute atomic E-state index is 9.43. The number of aromatic nitrogens is 2. The van der Waals surface area contributed by atoms with Crippen molar-refractivity contribution in [3.63, 3.8) is 0 Å². The molecule has 2 rings (SSSR count). The zero-order valence-electron chi connectivity index (χ0n) is 11.1. The van der Waals surface area contributed by atoms with Gasteiger partial charge in [-0.05, 0) is 32.6 Å². The summed E-state index contributed by atoms with van der Waals surface area (Å²) in [4.78, 5) is 8.67. The SMILES string of the molecule is CCCOc1cc(C)nc(NC2(CO)CCC2)n1. The van der Waals surface area contributed by atoms with Crippen molar-refractivity contribution in [3.05, 3.63) is 11.8 Å². The van der Waals surface area contributed by atoms with E-state index >= 15 is 0 Å². The lowest BCUT2D eigenvalue weighted by Crippen LogP contribution is -2.48. The van der Waals surface area contributed by atoms with Gasteiger partial charge in [-0.2, -0.15) is 4.98 Å². The van der Waals surface area contributed by atoms with E-state index in [4.69, 9.17) is 4.74 Å². The molecule has 18 heavy (non-hydrogen) atoms. The molecule has 0 unspecified atom stereocenters. The lowest BCUT2D eigenvalue weighted by molar-refractivity contribution is 0.143. The molecule has 0 aliphatic heterocycles. The van der Waals surface area contributed by atoms with Crippen molar-refractivity contribution in [3.8, 4) is 5.88 Å². The van der Waals surface area contributed by atoms with Crippen LogP contribution in [0.2, 0.25) is 0 Å². The van der Waals surface area contributed by atoms with Crippen molar-refractivity contribution < 1.29 is 9.84 Å². The van der Waals surface area contributed by atoms with Crippen molar-refractivity contribution in [2.75, 3.05) is 18.5 Å². The summed E-state index contributed by atoms with van der Waals surface area (Å²) in [6.45, 7) is 4.75. The minimum Gasteiger partial charge on any atom is -0.478 e. The van der Waals surface area contributed by atoms with Gasteiger partial charge in [-0.1, -0.05) is 6.92 Å². The average molecular weight is 251 g/mol. The number of nitrogens with one attached hydrogen (secondary N) is 1. The first-order chi connectivity index (χ1) is 8.67. The molecule has 0 atom stereocenters. The molecule has 1 aromatic heterocycles. The first-order valence-electron chi connectivity index (χ1n) is 6.55. The van der Waals surface area contributed by atoms with Gasteiger partial charge in [0.15, 0.2) is 0 Å². The standard InChI is InChI=1S/C13H21N3O2/c1-3-7-18-11-8-10(2)14-12(15-11)16-13(9-17)5-4-6-13/h8,17H,3-7,9H2,1-2H3,(H,14,15,16). The first-order valence-corrected chi connectivity index (χ1v) is 6.55. The van der Waals surface area contributed by atoms with Gasteiger partial charge in [0.2, 0.25) is 11.8 Å². The van der Waals surface area contributed by atoms with E-state index in [1.807, 2.05) is 13.0 Å². The molecular formula is C13H21N3O2. The van der Waals surface area contributed by atoms with E-state index in [2.05, 4.69) is 22.2 Å². The van der Waals surface area contributed by atoms with Crippen LogP contribution in [0.3, 0.4) is 0 Å². The summed E-state index contributed by atoms with van der Waals surface area (Å²) >= 11 is 0. The van der Waals surface area contributed by atoms with Gasteiger partial charge in [-0.15, -0.1) is 0 Å². The number of rotatable bonds is 6. The highest BCUT2D eigenvalue weighted by Crippen LogP contribution is 2.34. The quantitative estimate of drug-likeness (QED) is 0.808. The van der Waals surface area contributed by atoms with E-state index in [1.165, 1.54) is 0 Å². The number of aliphatic hydroxyl groups is 1. The maximum Gasteiger partial charge on any atom is 0.226 e. The van der Waals surface area contributed by atoms with Crippen molar-refractivity contribution in [1.29, 1.82) is 0 Å². The molecule has 0 amide bonds. The topological polar surface area (TPSA) is 67.3 Å². The van der Waals surface area contributed by atoms with Crippen LogP contribution in [-0.4, -0.2) is 33.8 Å². The smallest absolute Gasteiger partial charge is 0.226 e. The largest absolute Gasteiger partial charge is 0.478 e. The Kier molecular flexibility index (Phi) is 4.01. The zero-order chi connectivity index (χ0) is 13.0. The van der Waals surface area contributed by atoms with Gasteiger partial charge >= 0.3 is 0 Å². The van der Waals surface area contributed by atoms with Gasteiger partial charge in [0.25, 0.3) is 0 Å². The van der Waals surface area contributed by atoms with Gasteiger partial charge in [-0.25, -0.2) is 4.98 Å². The van der Waals surface area contributed by atoms with Crippen molar-refractivity contribution in [2.24, 2.45) is 0 Å². The summed E-state index contributed by atoms with van der Waals surface area (Å²) in [7, 11) is 0. The van der Waals surface area contributed by atoms with Crippen LogP contribution >= 0.6 is 0 Å². The third-order valence-electron chi connectivity index (χ3n) is 3.28. The Labute approximate surface area is 108 Å². The highest BCUT2D eigenvalue weighted by Gasteiger charge is 2.37. The van der Waals surface area contributed by atoms with Crippen molar-refractivity contribution >= 4 is 5.95 Å². The molecule has 1 heterocycles. The summed E-state index contributed by atoms with van der Waals surface area (Å²) in [6, 6.07) is 1.83. The normalized spacial score (nSPS) is 17.1. The third-order valence-corrected chi connectivity index (χ3v) is 3.28. The highest BCUT2D eigenvalue weighted by atomic mass is 16.5. The fourth-order valence-electron chi connectivity index (χ4n) is 2.04. The first kappa shape index (κ1) is 13.1. The minimum absolute atomic E-state index is 0.120. The second kappa shape index (κ2) is 5.52. The lowest BCUT2D eigenvalue weighted by Gasteiger charge is -2.40. The third kappa shape index (κ3) is 2.90. The molecule has 5 nitrogen and oxygen atoms in total. The van der Waals surface area contributed by atoms with Crippen LogP contribution < -0.4 is 10.1 Å². The van der Waals surface area contributed by atoms with E-state index in [1.54, 1.807) is 0 Å². The maximum atomic E-state index is 9.43. The predicted molar refractivity (Wildman–Crippen MR) is 69.8 cm³/mol. The summed E-state index contributed by atoms with van der Waals surface area (Å²) in [5.74, 6) is 1.15. The number of aryl methyl sites for hydroxylation is 1. The van der Waals surface area contributed by atoms with Gasteiger partial charge in [-0.3, -0.25) is 0 Å². The minimum atomic E-state index is -0.226. The predicted octanol–water partition coefficient (Wildman–Crippen LogP) is 1.90. The van der Waals surface area contributed by atoms with Gasteiger partial charge in [0, 0.05) is 11.8 Å². The highest BCUT2D eigenvalue weighted by molar-refractivity contribution is 5.35. The fourth-order valence-corrected chi connectivity index (χ4v) is 2.04. The van der Waals surface area contributed by atoms with E-state index in [0.29, 0.717) is 18.4 Å². The van der Waals surface area contributed by atoms with Gasteiger partial charge in [0.05, 0.1) is 18.8 Å². The Bertz CT molecular complexity index is 400. The molecule has 0 aromatic carbocycles. The molecule has 1 aliphatic rings. The number of anilines is 1. The molecular weight excluding hydrogens is 230 g/mol. The van der Waals surface area contributed by atoms with Crippen LogP contribution in [0, 0.1) is 6.92 Å². The molecule has 0 bridgehead atoms. The zero-order valence-corrected chi connectivity index (χ0v) is 11.1. The molecule has 0 saturated heterocycles. The Hall–Kier alpha value is -1.36. The average Bonchev–Trinajstić information content (AvgIpc) is 2.30. The van der Waals surface area contributed by atoms with E-state index in [-0.39, 0.29) is 12.1 Å². The summed E-state index contributed by atoms with van der Waals surface area (Å²) in [6.07, 6.45) is 4.02. The van der Waals surface area contributed by atoms with Crippen molar-refractivity contribution in [1.82, 2.24) is 9.97 Å². The lowest BCUT2D eigenvalue weighted by atomic mass is 9.77. The van der Waals surface area contributed by atoms with Crippen LogP contribution in [0.4, 0.5) is 5.95 Å². The molecule has 1 fully saturated rings. The van der Waals surface area contributed by atoms with E-state index < -0.39 is 0 Å². The summed E-state index contributed by atoms with van der Waals surface area (Å²) < 4.78 is 5.52. The Morgan fingerprint density at radius 1 is 1.44 bits per heavy atom. The van der Waals surface area contributed by atoms with Gasteiger partial charge < -0.3 is 15.2 Å². The monoisotopic (exact) mass is 251 g/mol. The molecule has 1 aliphatic carbocycles. The number of hydrogen-bond donors (Lipinski definition) is 2.